The van der Waals surface area contributed by atoms with E-state index in [1.165, 1.54) is 7.11 Å². The first-order valence-electron chi connectivity index (χ1n) is 3.54. The van der Waals surface area contributed by atoms with Crippen molar-refractivity contribution in [2.75, 3.05) is 7.11 Å². The van der Waals surface area contributed by atoms with Crippen LogP contribution in [-0.2, 0) is 14.3 Å². The van der Waals surface area contributed by atoms with Gasteiger partial charge in [0.1, 0.15) is 11.9 Å². The molecule has 0 heterocycles. The number of carbonyl (C=O) groups is 2. The number of ether oxygens (including phenoxy) is 1. The Morgan fingerprint density at radius 3 is 2.36 bits per heavy atom. The van der Waals surface area contributed by atoms with Crippen LogP contribution in [0, 0.1) is 5.92 Å². The van der Waals surface area contributed by atoms with Gasteiger partial charge in [-0.1, -0.05) is 6.92 Å². The fourth-order valence-electron chi connectivity index (χ4n) is 0.867. The Labute approximate surface area is 66.7 Å². The Bertz CT molecular complexity index is 144. The minimum absolute atomic E-state index is 0.134. The first-order chi connectivity index (χ1) is 5.08. The van der Waals surface area contributed by atoms with Gasteiger partial charge in [0.05, 0.1) is 0 Å². The molecule has 0 saturated carbocycles. The summed E-state index contributed by atoms with van der Waals surface area (Å²) in [5.41, 5.74) is -0.805. The molecule has 0 spiro atoms. The third-order valence-electron chi connectivity index (χ3n) is 1.68. The van der Waals surface area contributed by atoms with Gasteiger partial charge in [0.15, 0.2) is 6.29 Å². The number of methoxy groups -OCH3 is 1. The largest absolute Gasteiger partial charge is 0.371 e. The zero-order chi connectivity index (χ0) is 8.91. The maximum atomic E-state index is 10.5. The van der Waals surface area contributed by atoms with Crippen LogP contribution in [0.3, 0.4) is 0 Å². The molecule has 0 fully saturated rings. The van der Waals surface area contributed by atoms with Gasteiger partial charge in [0.2, 0.25) is 0 Å². The molecule has 0 aliphatic carbocycles. The molecule has 0 radical (unpaired) electrons. The average Bonchev–Trinajstić information content (AvgIpc) is 2.04. The lowest BCUT2D eigenvalue weighted by molar-refractivity contribution is -0.128. The lowest BCUT2D eigenvalue weighted by Gasteiger charge is -2.22. The monoisotopic (exact) mass is 158 g/mol. The first kappa shape index (κ1) is 10.3. The highest BCUT2D eigenvalue weighted by Crippen LogP contribution is 2.16. The highest BCUT2D eigenvalue weighted by molar-refractivity contribution is 5.63. The number of hydrogen-bond acceptors (Lipinski definition) is 3. The standard InChI is InChI=1S/C8H14O3/c1-7(5-9)4-8(2,6-10)11-3/h5-7H,4H2,1-3H3. The second kappa shape index (κ2) is 4.23. The van der Waals surface area contributed by atoms with Crippen LogP contribution in [0.25, 0.3) is 0 Å². The summed E-state index contributed by atoms with van der Waals surface area (Å²) in [7, 11) is 1.46. The molecule has 3 nitrogen and oxygen atoms in total. The predicted molar refractivity (Wildman–Crippen MR) is 41.3 cm³/mol. The van der Waals surface area contributed by atoms with E-state index in [9.17, 15) is 9.59 Å². The van der Waals surface area contributed by atoms with Crippen molar-refractivity contribution in [3.05, 3.63) is 0 Å². The Kier molecular flexibility index (Phi) is 3.97. The zero-order valence-corrected chi connectivity index (χ0v) is 7.16. The molecule has 64 valence electrons. The number of hydrogen-bond donors (Lipinski definition) is 0. The topological polar surface area (TPSA) is 43.4 Å². The molecule has 0 aromatic rings. The Hall–Kier alpha value is -0.700. The van der Waals surface area contributed by atoms with Gasteiger partial charge in [-0.15, -0.1) is 0 Å². The first-order valence-corrected chi connectivity index (χ1v) is 3.54. The minimum atomic E-state index is -0.805. The number of rotatable bonds is 5. The van der Waals surface area contributed by atoms with E-state index in [0.717, 1.165) is 12.6 Å². The molecular weight excluding hydrogens is 144 g/mol. The fourth-order valence-corrected chi connectivity index (χ4v) is 0.867. The van der Waals surface area contributed by atoms with Gasteiger partial charge in [0, 0.05) is 13.0 Å². The Morgan fingerprint density at radius 1 is 1.55 bits per heavy atom. The van der Waals surface area contributed by atoms with Crippen LogP contribution in [0.15, 0.2) is 0 Å². The smallest absolute Gasteiger partial charge is 0.151 e. The van der Waals surface area contributed by atoms with Crippen molar-refractivity contribution in [3.63, 3.8) is 0 Å². The van der Waals surface area contributed by atoms with E-state index in [1.807, 2.05) is 0 Å². The fraction of sp³-hybridized carbons (Fsp3) is 0.750. The maximum absolute atomic E-state index is 10.5. The van der Waals surface area contributed by atoms with Gasteiger partial charge in [-0.25, -0.2) is 0 Å². The molecule has 0 saturated heterocycles. The quantitative estimate of drug-likeness (QED) is 0.556. The maximum Gasteiger partial charge on any atom is 0.151 e. The molecule has 3 heteroatoms. The number of aldehydes is 2. The predicted octanol–water partition coefficient (Wildman–Crippen LogP) is 0.815. The molecule has 0 N–H and O–H groups in total. The molecule has 0 aliphatic rings. The summed E-state index contributed by atoms with van der Waals surface area (Å²) in [5.74, 6) is -0.134. The van der Waals surface area contributed by atoms with Crippen LogP contribution in [-0.4, -0.2) is 25.3 Å². The van der Waals surface area contributed by atoms with Gasteiger partial charge in [-0.2, -0.15) is 0 Å². The molecule has 0 aromatic carbocycles. The van der Waals surface area contributed by atoms with Crippen molar-refractivity contribution in [1.82, 2.24) is 0 Å². The molecule has 0 rings (SSSR count). The van der Waals surface area contributed by atoms with Gasteiger partial charge in [-0.3, -0.25) is 0 Å². The van der Waals surface area contributed by atoms with Crippen molar-refractivity contribution < 1.29 is 14.3 Å². The second-order valence-electron chi connectivity index (χ2n) is 2.95. The normalized spacial score (nSPS) is 18.5. The third kappa shape index (κ3) is 3.28. The van der Waals surface area contributed by atoms with Crippen LogP contribution in [0.1, 0.15) is 20.3 Å². The van der Waals surface area contributed by atoms with Crippen molar-refractivity contribution in [3.8, 4) is 0 Å². The molecule has 0 bridgehead atoms. The molecule has 0 amide bonds. The lowest BCUT2D eigenvalue weighted by atomic mass is 9.95. The summed E-state index contributed by atoms with van der Waals surface area (Å²) in [6.45, 7) is 3.42. The van der Waals surface area contributed by atoms with Gasteiger partial charge >= 0.3 is 0 Å². The number of carbonyl (C=O) groups excluding carboxylic acids is 2. The highest BCUT2D eigenvalue weighted by atomic mass is 16.5. The van der Waals surface area contributed by atoms with Crippen LogP contribution in [0.2, 0.25) is 0 Å². The summed E-state index contributed by atoms with van der Waals surface area (Å²) in [4.78, 5) is 20.7. The summed E-state index contributed by atoms with van der Waals surface area (Å²) in [5, 5.41) is 0. The lowest BCUT2D eigenvalue weighted by Crippen LogP contribution is -2.31. The van der Waals surface area contributed by atoms with Gasteiger partial charge < -0.3 is 14.3 Å². The molecule has 0 aromatic heterocycles. The SMILES string of the molecule is COC(C)(C=O)CC(C)C=O. The van der Waals surface area contributed by atoms with Crippen molar-refractivity contribution in [1.29, 1.82) is 0 Å². The molecule has 0 aliphatic heterocycles. The van der Waals surface area contributed by atoms with Crippen LogP contribution in [0.5, 0.6) is 0 Å². The van der Waals surface area contributed by atoms with E-state index in [2.05, 4.69) is 0 Å². The van der Waals surface area contributed by atoms with E-state index in [4.69, 9.17) is 4.74 Å². The molecular formula is C8H14O3. The van der Waals surface area contributed by atoms with Crippen molar-refractivity contribution >= 4 is 12.6 Å². The van der Waals surface area contributed by atoms with E-state index in [1.54, 1.807) is 13.8 Å². The Balaban J connectivity index is 4.06. The van der Waals surface area contributed by atoms with E-state index >= 15 is 0 Å². The highest BCUT2D eigenvalue weighted by Gasteiger charge is 2.24. The summed E-state index contributed by atoms with van der Waals surface area (Å²) in [6.07, 6.45) is 1.99. The summed E-state index contributed by atoms with van der Waals surface area (Å²) in [6, 6.07) is 0. The molecule has 2 atom stereocenters. The van der Waals surface area contributed by atoms with E-state index < -0.39 is 5.60 Å². The molecule has 11 heavy (non-hydrogen) atoms. The van der Waals surface area contributed by atoms with Crippen molar-refractivity contribution in [2.24, 2.45) is 5.92 Å². The zero-order valence-electron chi connectivity index (χ0n) is 7.16. The molecule has 2 unspecified atom stereocenters. The third-order valence-corrected chi connectivity index (χ3v) is 1.68. The Morgan fingerprint density at radius 2 is 2.09 bits per heavy atom. The second-order valence-corrected chi connectivity index (χ2v) is 2.95. The summed E-state index contributed by atoms with van der Waals surface area (Å²) >= 11 is 0. The van der Waals surface area contributed by atoms with Gasteiger partial charge in [-0.05, 0) is 13.3 Å². The van der Waals surface area contributed by atoms with Crippen LogP contribution < -0.4 is 0 Å². The van der Waals surface area contributed by atoms with Crippen molar-refractivity contribution in [2.45, 2.75) is 25.9 Å². The van der Waals surface area contributed by atoms with E-state index in [0.29, 0.717) is 6.42 Å². The van der Waals surface area contributed by atoms with E-state index in [-0.39, 0.29) is 5.92 Å². The van der Waals surface area contributed by atoms with Crippen LogP contribution >= 0.6 is 0 Å². The average molecular weight is 158 g/mol. The summed E-state index contributed by atoms with van der Waals surface area (Å²) < 4.78 is 4.93. The minimum Gasteiger partial charge on any atom is -0.371 e. The van der Waals surface area contributed by atoms with Crippen LogP contribution in [0.4, 0.5) is 0 Å². The van der Waals surface area contributed by atoms with Gasteiger partial charge in [0.25, 0.3) is 0 Å².